The number of halogens is 4. The van der Waals surface area contributed by atoms with Gasteiger partial charge in [-0.25, -0.2) is 41.7 Å². The summed E-state index contributed by atoms with van der Waals surface area (Å²) < 4.78 is 78.0. The van der Waals surface area contributed by atoms with Crippen molar-refractivity contribution in [2.24, 2.45) is 0 Å². The van der Waals surface area contributed by atoms with E-state index in [1.54, 1.807) is 29.2 Å². The van der Waals surface area contributed by atoms with Crippen LogP contribution < -0.4 is 25.9 Å². The predicted octanol–water partition coefficient (Wildman–Crippen LogP) is 9.70. The van der Waals surface area contributed by atoms with Crippen LogP contribution in [0.3, 0.4) is 0 Å². The Balaban J connectivity index is 0.000000212. The van der Waals surface area contributed by atoms with Crippen LogP contribution in [0.5, 0.6) is 11.5 Å². The zero-order valence-electron chi connectivity index (χ0n) is 47.2. The van der Waals surface area contributed by atoms with Crippen LogP contribution in [0, 0.1) is 22.7 Å². The number of H-pyrrole nitrogens is 1. The Morgan fingerprint density at radius 3 is 1.94 bits per heavy atom. The van der Waals surface area contributed by atoms with Crippen molar-refractivity contribution < 1.29 is 41.3 Å². The number of alkyl halides is 4. The van der Waals surface area contributed by atoms with E-state index in [0.717, 1.165) is 37.2 Å². The van der Waals surface area contributed by atoms with Gasteiger partial charge >= 0.3 is 6.09 Å². The van der Waals surface area contributed by atoms with Gasteiger partial charge in [0, 0.05) is 50.2 Å². The number of benzene rings is 4. The Labute approximate surface area is 476 Å². The van der Waals surface area contributed by atoms with Crippen molar-refractivity contribution in [2.75, 3.05) is 32.9 Å². The van der Waals surface area contributed by atoms with Crippen LogP contribution in [-0.2, 0) is 42.1 Å². The molecule has 2 aliphatic rings. The molecule has 2 saturated heterocycles. The van der Waals surface area contributed by atoms with E-state index in [1.807, 2.05) is 67.8 Å². The zero-order chi connectivity index (χ0) is 59.2. The second-order valence-corrected chi connectivity index (χ2v) is 28.5. The summed E-state index contributed by atoms with van der Waals surface area (Å²) in [6.07, 6.45) is -1.68. The fourth-order valence-corrected chi connectivity index (χ4v) is 11.0. The van der Waals surface area contributed by atoms with Gasteiger partial charge in [-0.15, -0.1) is 0 Å². The minimum absolute atomic E-state index is 0.0226. The molecule has 2 aliphatic heterocycles. The van der Waals surface area contributed by atoms with Crippen molar-refractivity contribution in [3.8, 4) is 23.6 Å². The minimum atomic E-state index is -2.70. The maximum atomic E-state index is 13.7. The Kier molecular flexibility index (Phi) is 18.3. The summed E-state index contributed by atoms with van der Waals surface area (Å²) in [5.74, 6) is 1.22. The first-order chi connectivity index (χ1) is 39.6. The Hall–Kier alpha value is -8.19. The third kappa shape index (κ3) is 14.5. The number of rotatable bonds is 19. The lowest BCUT2D eigenvalue weighted by Crippen LogP contribution is -2.43. The maximum absolute atomic E-state index is 13.7. The van der Waals surface area contributed by atoms with Crippen LogP contribution in [0.15, 0.2) is 82.4 Å². The predicted molar refractivity (Wildman–Crippen MR) is 307 cm³/mol. The van der Waals surface area contributed by atoms with Gasteiger partial charge in [-0.05, 0) is 83.3 Å². The average Bonchev–Trinajstić information content (AvgIpc) is 4.48. The summed E-state index contributed by atoms with van der Waals surface area (Å²) >= 11 is 0. The van der Waals surface area contributed by atoms with Gasteiger partial charge in [0.05, 0.1) is 87.3 Å². The number of ether oxygens (including phenoxy) is 4. The van der Waals surface area contributed by atoms with Gasteiger partial charge in [-0.3, -0.25) is 9.59 Å². The third-order valence-corrected chi connectivity index (χ3v) is 15.9. The van der Waals surface area contributed by atoms with E-state index in [-0.39, 0.29) is 65.5 Å². The molecule has 2 fully saturated rings. The molecule has 19 nitrogen and oxygen atoms in total. The van der Waals surface area contributed by atoms with Crippen molar-refractivity contribution in [1.29, 1.82) is 10.5 Å². The van der Waals surface area contributed by atoms with E-state index in [0.29, 0.717) is 93.8 Å². The van der Waals surface area contributed by atoms with Crippen LogP contribution in [0.1, 0.15) is 80.6 Å². The first-order valence-electron chi connectivity index (χ1n) is 27.6. The molecule has 6 heterocycles. The van der Waals surface area contributed by atoms with Crippen molar-refractivity contribution in [2.45, 2.75) is 135 Å². The van der Waals surface area contributed by atoms with E-state index in [1.165, 1.54) is 27.6 Å². The number of nitriles is 2. The van der Waals surface area contributed by atoms with Gasteiger partial charge < -0.3 is 38.7 Å². The minimum Gasteiger partial charge on any atom is -0.486 e. The monoisotopic (exact) mass is 1160 g/mol. The van der Waals surface area contributed by atoms with Crippen molar-refractivity contribution >= 4 is 57.8 Å². The van der Waals surface area contributed by atoms with Crippen molar-refractivity contribution in [3.63, 3.8) is 0 Å². The lowest BCUT2D eigenvalue weighted by molar-refractivity contribution is 0.0210. The lowest BCUT2D eigenvalue weighted by atomic mass is 10.1. The van der Waals surface area contributed by atoms with Crippen LogP contribution >= 0.6 is 0 Å². The number of fused-ring (bicyclic) bond motifs is 4. The fraction of sp³-hybridized carbons (Fsp3) is 0.441. The van der Waals surface area contributed by atoms with E-state index in [4.69, 9.17) is 29.0 Å². The maximum Gasteiger partial charge on any atom is 0.410 e. The highest BCUT2D eigenvalue weighted by atomic mass is 28.3. The quantitative estimate of drug-likeness (QED) is 0.0436. The van der Waals surface area contributed by atoms with E-state index >= 15 is 0 Å². The number of hydrogen-bond acceptors (Lipinski definition) is 14. The molecule has 1 amide bonds. The fourth-order valence-electron chi connectivity index (χ4n) is 10.2. The van der Waals surface area contributed by atoms with E-state index in [2.05, 4.69) is 40.0 Å². The molecule has 24 heteroatoms. The molecule has 0 aliphatic carbocycles. The highest BCUT2D eigenvalue weighted by Crippen LogP contribution is 2.31. The lowest BCUT2D eigenvalue weighted by Gasteiger charge is -2.28. The summed E-state index contributed by atoms with van der Waals surface area (Å²) in [7, 11) is -1.38. The molecule has 0 radical (unpaired) electrons. The number of amides is 1. The highest BCUT2D eigenvalue weighted by molar-refractivity contribution is 6.76. The SMILES string of the molecule is CC(C)(C)OC(=O)N1CCCC1Cn1nc(Cc2nc3cc(OCC(F)F)c(C#N)cc3n2COCC[Si](C)(C)C)c2ccccc2c1=O.N#Cc1cc2[nH]c(Cc3nn(CC4CCCN4)c(=O)c4ccccc34)nc2cc1OCC(F)F. The van der Waals surface area contributed by atoms with Gasteiger partial charge in [0.15, 0.2) is 0 Å². The largest absolute Gasteiger partial charge is 0.486 e. The summed E-state index contributed by atoms with van der Waals surface area (Å²) in [4.78, 5) is 54.0. The molecule has 83 heavy (non-hydrogen) atoms. The Morgan fingerprint density at radius 2 is 1.36 bits per heavy atom. The number of aromatic nitrogens is 8. The molecule has 4 aromatic heterocycles. The zero-order valence-corrected chi connectivity index (χ0v) is 48.2. The number of carbonyl (C=O) groups is 1. The summed E-state index contributed by atoms with van der Waals surface area (Å²) in [6, 6.07) is 25.6. The van der Waals surface area contributed by atoms with E-state index < -0.39 is 45.8 Å². The van der Waals surface area contributed by atoms with Gasteiger partial charge in [-0.2, -0.15) is 20.7 Å². The smallest absolute Gasteiger partial charge is 0.410 e. The van der Waals surface area contributed by atoms with Crippen LogP contribution in [-0.4, -0.2) is 122 Å². The number of nitrogens with zero attached hydrogens (tertiary/aromatic N) is 10. The Bertz CT molecular complexity index is 3870. The van der Waals surface area contributed by atoms with Crippen LogP contribution in [0.25, 0.3) is 43.6 Å². The second kappa shape index (κ2) is 25.5. The van der Waals surface area contributed by atoms with Gasteiger partial charge in [0.2, 0.25) is 0 Å². The molecule has 2 atom stereocenters. The molecule has 10 rings (SSSR count). The topological polar surface area (TPSA) is 233 Å². The van der Waals surface area contributed by atoms with Gasteiger partial charge in [0.1, 0.15) is 60.8 Å². The second-order valence-electron chi connectivity index (χ2n) is 22.9. The number of nitrogens with one attached hydrogen (secondary N) is 2. The Morgan fingerprint density at radius 1 is 0.771 bits per heavy atom. The molecule has 436 valence electrons. The first-order valence-corrected chi connectivity index (χ1v) is 31.3. The molecule has 2 N–H and O–H groups in total. The standard InChI is InChI=1S/C35H44F2N6O5Si.C24H22F2N6O2/c1-35(2,3)48-34(45)41-13-9-10-24(41)20-43-33(44)26-12-8-7-11-25(26)27(40-43)18-32-39-28-17-30(47-21-31(36)37)23(19-38)16-29(28)42(32)22-46-14-15-49(4,5)6;25-22(26)13-34-21-9-20-19(8-14(21)11-27)29-23(30-20)10-18-16-5-1-2-6-17(16)24(33)32(31-18)12-15-4-3-7-28-15/h7-8,11-12,16-17,24,31H,9-10,13-15,18,20-22H2,1-6H3;1-2,5-6,8-9,15,22,28H,3-4,7,10,12-13H2,(H,29,30). The number of carbonyl (C=O) groups excluding carboxylic acids is 1. The molecule has 8 aromatic rings. The summed E-state index contributed by atoms with van der Waals surface area (Å²) in [5.41, 5.74) is 2.60. The van der Waals surface area contributed by atoms with Crippen molar-refractivity contribution in [3.05, 3.63) is 128 Å². The number of aromatic amines is 1. The summed E-state index contributed by atoms with van der Waals surface area (Å²) in [6.45, 7) is 13.4. The van der Waals surface area contributed by atoms with Crippen molar-refractivity contribution in [1.82, 2.24) is 49.3 Å². The van der Waals surface area contributed by atoms with E-state index in [9.17, 15) is 42.5 Å². The molecule has 2 unspecified atom stereocenters. The number of hydrogen-bond donors (Lipinski definition) is 2. The first kappa shape index (κ1) is 59.4. The molecule has 0 bridgehead atoms. The number of imidazole rings is 2. The summed E-state index contributed by atoms with van der Waals surface area (Å²) in [5, 5.41) is 34.6. The molecule has 0 spiro atoms. The molecular formula is C59H66F4N12O7Si. The third-order valence-electron chi connectivity index (χ3n) is 14.2. The van der Waals surface area contributed by atoms with Gasteiger partial charge in [0.25, 0.3) is 24.0 Å². The van der Waals surface area contributed by atoms with Gasteiger partial charge in [-0.1, -0.05) is 56.0 Å². The molecule has 4 aromatic carbocycles. The molecular weight excluding hydrogens is 1090 g/mol. The molecule has 0 saturated carbocycles. The van der Waals surface area contributed by atoms with Crippen LogP contribution in [0.2, 0.25) is 25.7 Å². The average molecular weight is 1160 g/mol. The number of likely N-dealkylation sites (tertiary alicyclic amines) is 1. The van der Waals surface area contributed by atoms with Crippen LogP contribution in [0.4, 0.5) is 22.4 Å². The highest BCUT2D eigenvalue weighted by Gasteiger charge is 2.33. The normalized spacial score (nSPS) is 15.6.